The molecule has 47 heavy (non-hydrogen) atoms. The topological polar surface area (TPSA) is 73.8 Å². The molecule has 0 bridgehead atoms. The Balaban J connectivity index is 3.03. The number of unbranched alkanes of at least 4 members (excludes halogenated alkanes) is 19. The molecule has 0 amide bonds. The molecule has 0 aliphatic carbocycles. The normalized spacial score (nSPS) is 11.6. The van der Waals surface area contributed by atoms with Crippen molar-refractivity contribution < 1.29 is 37.9 Å². The summed E-state index contributed by atoms with van der Waals surface area (Å²) in [5.74, 6) is 0. The van der Waals surface area contributed by atoms with E-state index in [-0.39, 0.29) is 0 Å². The van der Waals surface area contributed by atoms with Gasteiger partial charge < -0.3 is 37.9 Å². The van der Waals surface area contributed by atoms with Gasteiger partial charge >= 0.3 is 0 Å². The lowest BCUT2D eigenvalue weighted by Crippen LogP contribution is -2.15. The van der Waals surface area contributed by atoms with Crippen molar-refractivity contribution >= 4 is 0 Å². The SMILES string of the molecule is CCCCCCCCCCCCCCCOCCOCCOCCOCCOCCOCCOCCOCCCCCCCCCC. The van der Waals surface area contributed by atoms with E-state index in [1.54, 1.807) is 0 Å². The molecule has 0 aromatic heterocycles. The summed E-state index contributed by atoms with van der Waals surface area (Å²) in [6.45, 7) is 14.5. The Bertz CT molecular complexity index is 481. The van der Waals surface area contributed by atoms with Gasteiger partial charge in [-0.25, -0.2) is 0 Å². The highest BCUT2D eigenvalue weighted by molar-refractivity contribution is 4.49. The first kappa shape index (κ1) is 46.7. The van der Waals surface area contributed by atoms with Gasteiger partial charge in [0.2, 0.25) is 0 Å². The summed E-state index contributed by atoms with van der Waals surface area (Å²) in [4.78, 5) is 0. The zero-order valence-corrected chi connectivity index (χ0v) is 31.4. The van der Waals surface area contributed by atoms with Crippen LogP contribution < -0.4 is 0 Å². The molecule has 0 heterocycles. The molecule has 0 spiro atoms. The summed E-state index contributed by atoms with van der Waals surface area (Å²) in [5, 5.41) is 0. The van der Waals surface area contributed by atoms with Crippen molar-refractivity contribution in [3.05, 3.63) is 0 Å². The Morgan fingerprint density at radius 1 is 0.170 bits per heavy atom. The van der Waals surface area contributed by atoms with Crippen LogP contribution in [0.1, 0.15) is 149 Å². The molecular formula is C39H80O8. The summed E-state index contributed by atoms with van der Waals surface area (Å²) in [7, 11) is 0. The second-order valence-electron chi connectivity index (χ2n) is 12.6. The van der Waals surface area contributed by atoms with Crippen molar-refractivity contribution in [2.75, 3.05) is 106 Å². The van der Waals surface area contributed by atoms with Gasteiger partial charge in [0.25, 0.3) is 0 Å². The fourth-order valence-corrected chi connectivity index (χ4v) is 5.20. The van der Waals surface area contributed by atoms with E-state index in [9.17, 15) is 0 Å². The number of hydrogen-bond donors (Lipinski definition) is 0. The van der Waals surface area contributed by atoms with E-state index in [4.69, 9.17) is 37.9 Å². The summed E-state index contributed by atoms with van der Waals surface area (Å²) in [6.07, 6.45) is 28.5. The third-order valence-electron chi connectivity index (χ3n) is 8.14. The molecule has 0 saturated heterocycles. The van der Waals surface area contributed by atoms with E-state index in [2.05, 4.69) is 13.8 Å². The van der Waals surface area contributed by atoms with E-state index >= 15 is 0 Å². The monoisotopic (exact) mass is 677 g/mol. The lowest BCUT2D eigenvalue weighted by Gasteiger charge is -2.09. The summed E-state index contributed by atoms with van der Waals surface area (Å²) in [6, 6.07) is 0. The molecule has 8 nitrogen and oxygen atoms in total. The van der Waals surface area contributed by atoms with Crippen LogP contribution >= 0.6 is 0 Å². The first-order chi connectivity index (χ1) is 23.4. The maximum atomic E-state index is 5.68. The van der Waals surface area contributed by atoms with Crippen LogP contribution in [0.25, 0.3) is 0 Å². The Labute approximate surface area is 292 Å². The van der Waals surface area contributed by atoms with Crippen LogP contribution in [0.3, 0.4) is 0 Å². The largest absolute Gasteiger partial charge is 0.379 e. The van der Waals surface area contributed by atoms with Crippen molar-refractivity contribution in [1.29, 1.82) is 0 Å². The van der Waals surface area contributed by atoms with Gasteiger partial charge in [-0.1, -0.05) is 136 Å². The molecule has 0 N–H and O–H groups in total. The second kappa shape index (κ2) is 45.7. The molecule has 0 aliphatic heterocycles. The maximum Gasteiger partial charge on any atom is 0.0701 e. The van der Waals surface area contributed by atoms with Gasteiger partial charge in [0, 0.05) is 13.2 Å². The van der Waals surface area contributed by atoms with Gasteiger partial charge in [0.1, 0.15) is 0 Å². The average molecular weight is 677 g/mol. The van der Waals surface area contributed by atoms with Gasteiger partial charge in [0.05, 0.1) is 92.5 Å². The van der Waals surface area contributed by atoms with E-state index in [1.807, 2.05) is 0 Å². The summed E-state index contributed by atoms with van der Waals surface area (Å²) in [5.41, 5.74) is 0. The smallest absolute Gasteiger partial charge is 0.0701 e. The zero-order valence-electron chi connectivity index (χ0n) is 31.4. The first-order valence-corrected chi connectivity index (χ1v) is 20.0. The molecule has 284 valence electrons. The Morgan fingerprint density at radius 2 is 0.319 bits per heavy atom. The third kappa shape index (κ3) is 45.7. The summed E-state index contributed by atoms with van der Waals surface area (Å²) >= 11 is 0. The van der Waals surface area contributed by atoms with Gasteiger partial charge in [-0.2, -0.15) is 0 Å². The predicted molar refractivity (Wildman–Crippen MR) is 195 cm³/mol. The van der Waals surface area contributed by atoms with Crippen LogP contribution in [0, 0.1) is 0 Å². The average Bonchev–Trinajstić information content (AvgIpc) is 3.08. The van der Waals surface area contributed by atoms with Gasteiger partial charge in [-0.05, 0) is 12.8 Å². The van der Waals surface area contributed by atoms with E-state index in [0.29, 0.717) is 92.5 Å². The van der Waals surface area contributed by atoms with Crippen LogP contribution in [0.5, 0.6) is 0 Å². The minimum atomic E-state index is 0.554. The van der Waals surface area contributed by atoms with Gasteiger partial charge in [-0.15, -0.1) is 0 Å². The number of hydrogen-bond acceptors (Lipinski definition) is 8. The van der Waals surface area contributed by atoms with E-state index < -0.39 is 0 Å². The highest BCUT2D eigenvalue weighted by atomic mass is 16.6. The quantitative estimate of drug-likeness (QED) is 0.0591. The fraction of sp³-hybridized carbons (Fsp3) is 1.00. The van der Waals surface area contributed by atoms with Gasteiger partial charge in [0.15, 0.2) is 0 Å². The maximum absolute atomic E-state index is 5.68. The standard InChI is InChI=1S/C39H80O8/c1-3-5-7-9-11-13-14-15-16-17-19-21-23-25-41-27-29-43-31-33-45-35-37-47-39-38-46-36-34-44-32-30-42-28-26-40-24-22-20-18-12-10-8-6-4-2/h3-39H2,1-2H3. The first-order valence-electron chi connectivity index (χ1n) is 20.0. The van der Waals surface area contributed by atoms with Crippen molar-refractivity contribution in [1.82, 2.24) is 0 Å². The van der Waals surface area contributed by atoms with Crippen LogP contribution in [-0.4, -0.2) is 106 Å². The molecule has 0 saturated carbocycles. The number of ether oxygens (including phenoxy) is 8. The van der Waals surface area contributed by atoms with E-state index in [0.717, 1.165) is 26.1 Å². The van der Waals surface area contributed by atoms with Crippen molar-refractivity contribution in [3.63, 3.8) is 0 Å². The predicted octanol–water partition coefficient (Wildman–Crippen LogP) is 9.35. The van der Waals surface area contributed by atoms with Crippen molar-refractivity contribution in [3.8, 4) is 0 Å². The second-order valence-corrected chi connectivity index (χ2v) is 12.6. The zero-order chi connectivity index (χ0) is 33.8. The van der Waals surface area contributed by atoms with Crippen molar-refractivity contribution in [2.45, 2.75) is 149 Å². The van der Waals surface area contributed by atoms with Crippen LogP contribution in [0.2, 0.25) is 0 Å². The summed E-state index contributed by atoms with van der Waals surface area (Å²) < 4.78 is 44.6. The molecule has 0 radical (unpaired) electrons. The molecule has 0 fully saturated rings. The highest BCUT2D eigenvalue weighted by Crippen LogP contribution is 2.12. The third-order valence-corrected chi connectivity index (χ3v) is 8.14. The number of rotatable bonds is 44. The molecule has 0 aromatic carbocycles. The molecule has 0 aromatic rings. The van der Waals surface area contributed by atoms with E-state index in [1.165, 1.54) is 122 Å². The van der Waals surface area contributed by atoms with Crippen LogP contribution in [-0.2, 0) is 37.9 Å². The van der Waals surface area contributed by atoms with Crippen LogP contribution in [0.4, 0.5) is 0 Å². The highest BCUT2D eigenvalue weighted by Gasteiger charge is 1.97. The molecule has 0 rings (SSSR count). The molecule has 0 unspecified atom stereocenters. The Hall–Kier alpha value is -0.320. The minimum Gasteiger partial charge on any atom is -0.379 e. The Morgan fingerprint density at radius 3 is 0.511 bits per heavy atom. The molecular weight excluding hydrogens is 596 g/mol. The fourth-order valence-electron chi connectivity index (χ4n) is 5.20. The van der Waals surface area contributed by atoms with Gasteiger partial charge in [-0.3, -0.25) is 0 Å². The molecule has 0 atom stereocenters. The lowest BCUT2D eigenvalue weighted by molar-refractivity contribution is -0.0232. The molecule has 0 aliphatic rings. The lowest BCUT2D eigenvalue weighted by atomic mass is 10.0. The van der Waals surface area contributed by atoms with Crippen molar-refractivity contribution in [2.24, 2.45) is 0 Å². The van der Waals surface area contributed by atoms with Crippen LogP contribution in [0.15, 0.2) is 0 Å². The minimum absolute atomic E-state index is 0.554. The Kier molecular flexibility index (Phi) is 45.4. The molecule has 8 heteroatoms.